The highest BCUT2D eigenvalue weighted by atomic mass is 32.1. The third-order valence-electron chi connectivity index (χ3n) is 2.30. The smallest absolute Gasteiger partial charge is 0.328 e. The first-order valence-electron chi connectivity index (χ1n) is 4.86. The highest BCUT2D eigenvalue weighted by Crippen LogP contribution is 2.13. The molecule has 1 unspecified atom stereocenters. The Labute approximate surface area is 98.0 Å². The van der Waals surface area contributed by atoms with Crippen LogP contribution in [0.25, 0.3) is 0 Å². The molecule has 0 aliphatic carbocycles. The average molecular weight is 237 g/mol. The third-order valence-corrected chi connectivity index (χ3v) is 2.54. The van der Waals surface area contributed by atoms with Crippen molar-refractivity contribution in [3.05, 3.63) is 23.9 Å². The lowest BCUT2D eigenvalue weighted by molar-refractivity contribution is -0.138. The van der Waals surface area contributed by atoms with Gasteiger partial charge in [-0.3, -0.25) is 0 Å². The van der Waals surface area contributed by atoms with Crippen molar-refractivity contribution in [1.82, 2.24) is 4.98 Å². The number of hydrogen-bond donors (Lipinski definition) is 2. The maximum absolute atomic E-state index is 11.2. The van der Waals surface area contributed by atoms with Crippen molar-refractivity contribution in [3.8, 4) is 0 Å². The Balaban J connectivity index is 2.12. The Bertz CT molecular complexity index is 436. The predicted octanol–water partition coefficient (Wildman–Crippen LogP) is 0.443. The second-order valence-electron chi connectivity index (χ2n) is 3.45. The van der Waals surface area contributed by atoms with Crippen LogP contribution < -0.4 is 11.1 Å². The summed E-state index contributed by atoms with van der Waals surface area (Å²) in [6.45, 7) is 0.450. The SMILES string of the molecule is NC(=S)c1ccnc(NC2CCOC2=O)c1. The minimum absolute atomic E-state index is 0.248. The Kier molecular flexibility index (Phi) is 3.00. The fourth-order valence-corrected chi connectivity index (χ4v) is 1.60. The molecule has 0 saturated carbocycles. The van der Waals surface area contributed by atoms with Crippen molar-refractivity contribution in [2.24, 2.45) is 5.73 Å². The Morgan fingerprint density at radius 3 is 3.12 bits per heavy atom. The van der Waals surface area contributed by atoms with Gasteiger partial charge in [-0.05, 0) is 12.1 Å². The molecule has 84 valence electrons. The normalized spacial score (nSPS) is 19.2. The van der Waals surface area contributed by atoms with Gasteiger partial charge in [-0.1, -0.05) is 12.2 Å². The van der Waals surface area contributed by atoms with Crippen molar-refractivity contribution in [1.29, 1.82) is 0 Å². The van der Waals surface area contributed by atoms with Gasteiger partial charge in [0.25, 0.3) is 0 Å². The molecule has 0 aromatic carbocycles. The monoisotopic (exact) mass is 237 g/mol. The number of hydrogen-bond acceptors (Lipinski definition) is 5. The third kappa shape index (κ3) is 2.27. The zero-order valence-corrected chi connectivity index (χ0v) is 9.29. The summed E-state index contributed by atoms with van der Waals surface area (Å²) < 4.78 is 4.84. The van der Waals surface area contributed by atoms with E-state index in [1.807, 2.05) is 0 Å². The number of carbonyl (C=O) groups excluding carboxylic acids is 1. The lowest BCUT2D eigenvalue weighted by Gasteiger charge is -2.09. The van der Waals surface area contributed by atoms with Gasteiger partial charge in [0.05, 0.1) is 6.61 Å². The number of ether oxygens (including phenoxy) is 1. The standard InChI is InChI=1S/C10H11N3O2S/c11-9(16)6-1-3-12-8(5-6)13-7-2-4-15-10(7)14/h1,3,5,7H,2,4H2,(H2,11,16)(H,12,13). The molecular formula is C10H11N3O2S. The molecule has 0 radical (unpaired) electrons. The number of rotatable bonds is 3. The van der Waals surface area contributed by atoms with Crippen LogP contribution in [0, 0.1) is 0 Å². The molecule has 6 heteroatoms. The van der Waals surface area contributed by atoms with Crippen molar-refractivity contribution < 1.29 is 9.53 Å². The number of nitrogens with one attached hydrogen (secondary N) is 1. The second-order valence-corrected chi connectivity index (χ2v) is 3.89. The van der Waals surface area contributed by atoms with Crippen LogP contribution in [-0.2, 0) is 9.53 Å². The summed E-state index contributed by atoms with van der Waals surface area (Å²) in [6, 6.07) is 3.11. The van der Waals surface area contributed by atoms with E-state index < -0.39 is 0 Å². The molecule has 1 fully saturated rings. The number of aromatic nitrogens is 1. The van der Waals surface area contributed by atoms with E-state index in [4.69, 9.17) is 22.7 Å². The first kappa shape index (κ1) is 10.8. The fraction of sp³-hybridized carbons (Fsp3) is 0.300. The zero-order valence-electron chi connectivity index (χ0n) is 8.47. The van der Waals surface area contributed by atoms with Crippen molar-refractivity contribution in [3.63, 3.8) is 0 Å². The molecule has 1 aromatic heterocycles. The lowest BCUT2D eigenvalue weighted by Crippen LogP contribution is -2.25. The molecule has 2 heterocycles. The summed E-state index contributed by atoms with van der Waals surface area (Å²) >= 11 is 4.86. The van der Waals surface area contributed by atoms with Gasteiger partial charge in [-0.25, -0.2) is 9.78 Å². The zero-order chi connectivity index (χ0) is 11.5. The maximum atomic E-state index is 11.2. The van der Waals surface area contributed by atoms with E-state index in [1.54, 1.807) is 18.3 Å². The summed E-state index contributed by atoms with van der Waals surface area (Å²) in [4.78, 5) is 15.6. The molecule has 16 heavy (non-hydrogen) atoms. The molecule has 3 N–H and O–H groups in total. The molecule has 0 amide bonds. The Hall–Kier alpha value is -1.69. The quantitative estimate of drug-likeness (QED) is 0.587. The fourth-order valence-electron chi connectivity index (χ4n) is 1.47. The van der Waals surface area contributed by atoms with Crippen LogP contribution in [0.3, 0.4) is 0 Å². The summed E-state index contributed by atoms with van der Waals surface area (Å²) in [5.41, 5.74) is 6.22. The number of nitrogens with zero attached hydrogens (tertiary/aromatic N) is 1. The molecular weight excluding hydrogens is 226 g/mol. The van der Waals surface area contributed by atoms with E-state index in [0.29, 0.717) is 23.8 Å². The van der Waals surface area contributed by atoms with Gasteiger partial charge in [0, 0.05) is 18.2 Å². The van der Waals surface area contributed by atoms with Crippen molar-refractivity contribution in [2.75, 3.05) is 11.9 Å². The van der Waals surface area contributed by atoms with E-state index >= 15 is 0 Å². The van der Waals surface area contributed by atoms with Crippen LogP contribution in [0.2, 0.25) is 0 Å². The lowest BCUT2D eigenvalue weighted by atomic mass is 10.2. The van der Waals surface area contributed by atoms with E-state index in [-0.39, 0.29) is 12.0 Å². The summed E-state index contributed by atoms with van der Waals surface area (Å²) in [5.74, 6) is 0.330. The van der Waals surface area contributed by atoms with E-state index in [0.717, 1.165) is 5.56 Å². The topological polar surface area (TPSA) is 77.2 Å². The number of anilines is 1. The molecule has 0 spiro atoms. The maximum Gasteiger partial charge on any atom is 0.328 e. The van der Waals surface area contributed by atoms with Gasteiger partial charge in [-0.2, -0.15) is 0 Å². The van der Waals surface area contributed by atoms with Gasteiger partial charge >= 0.3 is 5.97 Å². The second kappa shape index (κ2) is 4.44. The highest BCUT2D eigenvalue weighted by Gasteiger charge is 2.26. The first-order valence-corrected chi connectivity index (χ1v) is 5.26. The van der Waals surface area contributed by atoms with Gasteiger partial charge in [-0.15, -0.1) is 0 Å². The highest BCUT2D eigenvalue weighted by molar-refractivity contribution is 7.80. The number of nitrogens with two attached hydrogens (primary N) is 1. The minimum Gasteiger partial charge on any atom is -0.464 e. The molecule has 1 aliphatic heterocycles. The van der Waals surface area contributed by atoms with Gasteiger partial charge in [0.1, 0.15) is 16.8 Å². The summed E-state index contributed by atoms with van der Waals surface area (Å²) in [5, 5.41) is 2.99. The van der Waals surface area contributed by atoms with Crippen LogP contribution >= 0.6 is 12.2 Å². The molecule has 5 nitrogen and oxygen atoms in total. The molecule has 0 bridgehead atoms. The Morgan fingerprint density at radius 1 is 1.69 bits per heavy atom. The van der Waals surface area contributed by atoms with E-state index in [1.165, 1.54) is 0 Å². The van der Waals surface area contributed by atoms with E-state index in [2.05, 4.69) is 10.3 Å². The van der Waals surface area contributed by atoms with Gasteiger partial charge in [0.2, 0.25) is 0 Å². The van der Waals surface area contributed by atoms with Crippen molar-refractivity contribution in [2.45, 2.75) is 12.5 Å². The Morgan fingerprint density at radius 2 is 2.50 bits per heavy atom. The molecule has 1 aromatic rings. The number of pyridine rings is 1. The molecule has 2 rings (SSSR count). The van der Waals surface area contributed by atoms with Crippen molar-refractivity contribution >= 4 is 29.0 Å². The summed E-state index contributed by atoms with van der Waals surface area (Å²) in [7, 11) is 0. The number of cyclic esters (lactones) is 1. The molecule has 1 atom stereocenters. The number of carbonyl (C=O) groups is 1. The molecule has 1 saturated heterocycles. The van der Waals surface area contributed by atoms with Crippen LogP contribution in [0.4, 0.5) is 5.82 Å². The minimum atomic E-state index is -0.325. The summed E-state index contributed by atoms with van der Waals surface area (Å²) in [6.07, 6.45) is 2.24. The number of thiocarbonyl (C=S) groups is 1. The van der Waals surface area contributed by atoms with Gasteiger partial charge < -0.3 is 15.8 Å². The van der Waals surface area contributed by atoms with Crippen LogP contribution in [0.5, 0.6) is 0 Å². The predicted molar refractivity (Wildman–Crippen MR) is 63.1 cm³/mol. The van der Waals surface area contributed by atoms with Gasteiger partial charge in [0.15, 0.2) is 0 Å². The molecule has 1 aliphatic rings. The first-order chi connectivity index (χ1) is 7.66. The van der Waals surface area contributed by atoms with Crippen LogP contribution in [0.15, 0.2) is 18.3 Å². The average Bonchev–Trinajstić information content (AvgIpc) is 2.65. The largest absolute Gasteiger partial charge is 0.464 e. The van der Waals surface area contributed by atoms with E-state index in [9.17, 15) is 4.79 Å². The van der Waals surface area contributed by atoms with Crippen LogP contribution in [-0.4, -0.2) is 28.6 Å². The van der Waals surface area contributed by atoms with Crippen LogP contribution in [0.1, 0.15) is 12.0 Å². The number of esters is 1.